The fraction of sp³-hybridized carbons (Fsp3) is 0.308. The van der Waals surface area contributed by atoms with Crippen LogP contribution in [-0.2, 0) is 24.6 Å². The topological polar surface area (TPSA) is 167 Å². The highest BCUT2D eigenvalue weighted by Crippen LogP contribution is 2.32. The predicted molar refractivity (Wildman–Crippen MR) is 154 cm³/mol. The molecule has 4 N–H and O–H groups in total. The molecule has 12 nitrogen and oxygen atoms in total. The molecule has 2 aromatic carbocycles. The predicted octanol–water partition coefficient (Wildman–Crippen LogP) is 1.51. The van der Waals surface area contributed by atoms with E-state index in [-0.39, 0.29) is 35.3 Å². The number of hydrogen-bond donors (Lipinski definition) is 2. The Kier molecular flexibility index (Phi) is 6.65. The number of fused-ring (bicyclic) bond motifs is 1. The summed E-state index contributed by atoms with van der Waals surface area (Å²) in [6, 6.07) is 15.1. The van der Waals surface area contributed by atoms with Gasteiger partial charge >= 0.3 is 0 Å². The minimum Gasteiger partial charge on any atom is -0.383 e. The van der Waals surface area contributed by atoms with Gasteiger partial charge in [0.05, 0.1) is 35.8 Å². The third kappa shape index (κ3) is 4.87. The van der Waals surface area contributed by atoms with Gasteiger partial charge in [0.2, 0.25) is 16.0 Å². The lowest BCUT2D eigenvalue weighted by Gasteiger charge is -2.29. The first kappa shape index (κ1) is 26.5. The lowest BCUT2D eigenvalue weighted by molar-refractivity contribution is 0.122. The summed E-state index contributed by atoms with van der Waals surface area (Å²) in [5.74, 6) is -0.276. The molecule has 2 aliphatic heterocycles. The van der Waals surface area contributed by atoms with Crippen LogP contribution in [0.25, 0.3) is 27.8 Å². The van der Waals surface area contributed by atoms with Crippen LogP contribution < -0.4 is 16.4 Å². The van der Waals surface area contributed by atoms with E-state index < -0.39 is 19.9 Å². The molecule has 0 bridgehead atoms. The molecule has 14 heteroatoms. The summed E-state index contributed by atoms with van der Waals surface area (Å²) in [5.41, 5.74) is 16.9. The van der Waals surface area contributed by atoms with Crippen molar-refractivity contribution in [1.29, 1.82) is 0 Å². The van der Waals surface area contributed by atoms with Crippen LogP contribution in [0.15, 0.2) is 59.6 Å². The molecule has 4 aromatic rings. The van der Waals surface area contributed by atoms with Gasteiger partial charge in [-0.25, -0.2) is 26.8 Å². The summed E-state index contributed by atoms with van der Waals surface area (Å²) in [7, 11) is -7.30. The molecule has 0 radical (unpaired) electrons. The van der Waals surface area contributed by atoms with E-state index in [1.807, 2.05) is 47.0 Å². The summed E-state index contributed by atoms with van der Waals surface area (Å²) >= 11 is 0. The van der Waals surface area contributed by atoms with Crippen LogP contribution in [0.1, 0.15) is 0 Å². The maximum Gasteiger partial charge on any atom is 0.246 e. The van der Waals surface area contributed by atoms with Gasteiger partial charge in [-0.05, 0) is 48.0 Å². The van der Waals surface area contributed by atoms with E-state index in [1.165, 1.54) is 12.3 Å². The van der Waals surface area contributed by atoms with E-state index in [4.69, 9.17) is 16.2 Å². The quantitative estimate of drug-likeness (QED) is 0.351. The average Bonchev–Trinajstić information content (AvgIpc) is 3.28. The zero-order valence-corrected chi connectivity index (χ0v) is 23.2. The van der Waals surface area contributed by atoms with Crippen molar-refractivity contribution in [3.8, 4) is 16.8 Å². The summed E-state index contributed by atoms with van der Waals surface area (Å²) in [4.78, 5) is 10.8. The van der Waals surface area contributed by atoms with Crippen LogP contribution in [0, 0.1) is 0 Å². The van der Waals surface area contributed by atoms with Crippen molar-refractivity contribution in [3.05, 3.63) is 54.7 Å². The molecule has 0 saturated carbocycles. The fourth-order valence-corrected chi connectivity index (χ4v) is 8.04. The smallest absolute Gasteiger partial charge is 0.246 e. The average molecular weight is 584 g/mol. The highest BCUT2D eigenvalue weighted by atomic mass is 32.2. The van der Waals surface area contributed by atoms with Crippen LogP contribution >= 0.6 is 0 Å². The number of nitrogen functional groups attached to an aromatic ring is 2. The molecule has 0 amide bonds. The summed E-state index contributed by atoms with van der Waals surface area (Å²) < 4.78 is 58.8. The van der Waals surface area contributed by atoms with E-state index >= 15 is 0 Å². The number of nitrogens with zero attached hydrogens (tertiary/aromatic N) is 5. The maximum absolute atomic E-state index is 13.4. The molecule has 4 heterocycles. The van der Waals surface area contributed by atoms with Crippen molar-refractivity contribution < 1.29 is 21.6 Å². The number of ether oxygens (including phenoxy) is 1. The molecular formula is C26H29N7O5S2. The van der Waals surface area contributed by atoms with E-state index in [0.717, 1.165) is 34.3 Å². The van der Waals surface area contributed by atoms with Crippen molar-refractivity contribution >= 4 is 48.3 Å². The van der Waals surface area contributed by atoms with Gasteiger partial charge in [-0.1, -0.05) is 6.07 Å². The van der Waals surface area contributed by atoms with Gasteiger partial charge in [-0.15, -0.1) is 0 Å². The van der Waals surface area contributed by atoms with Gasteiger partial charge in [0.1, 0.15) is 10.7 Å². The molecule has 2 aromatic heterocycles. The molecule has 40 heavy (non-hydrogen) atoms. The molecule has 0 aliphatic carbocycles. The number of rotatable bonds is 5. The molecule has 2 aliphatic rings. The third-order valence-electron chi connectivity index (χ3n) is 7.30. The van der Waals surface area contributed by atoms with Crippen molar-refractivity contribution in [1.82, 2.24) is 18.8 Å². The molecule has 0 spiro atoms. The number of sulfonamides is 1. The number of morpholine rings is 1. The van der Waals surface area contributed by atoms with Crippen LogP contribution in [-0.4, -0.2) is 86.6 Å². The Morgan fingerprint density at radius 2 is 1.52 bits per heavy atom. The number of anilines is 3. The Labute approximate surface area is 232 Å². The Balaban J connectivity index is 1.35. The highest BCUT2D eigenvalue weighted by molar-refractivity contribution is 7.92. The number of imidazole rings is 1. The first-order chi connectivity index (χ1) is 19.1. The normalized spacial score (nSPS) is 18.2. The fourth-order valence-electron chi connectivity index (χ4n) is 5.07. The number of benzene rings is 2. The van der Waals surface area contributed by atoms with E-state index in [0.29, 0.717) is 35.8 Å². The summed E-state index contributed by atoms with van der Waals surface area (Å²) in [6.45, 7) is 2.83. The molecule has 210 valence electrons. The van der Waals surface area contributed by atoms with E-state index in [9.17, 15) is 16.8 Å². The first-order valence-electron chi connectivity index (χ1n) is 12.8. The lowest BCUT2D eigenvalue weighted by atomic mass is 10.1. The van der Waals surface area contributed by atoms with Crippen molar-refractivity contribution in [3.63, 3.8) is 0 Å². The first-order valence-corrected chi connectivity index (χ1v) is 16.1. The van der Waals surface area contributed by atoms with E-state index in [2.05, 4.69) is 14.9 Å². The van der Waals surface area contributed by atoms with Crippen LogP contribution in [0.5, 0.6) is 0 Å². The second-order valence-corrected chi connectivity index (χ2v) is 14.0. The second-order valence-electron chi connectivity index (χ2n) is 9.79. The highest BCUT2D eigenvalue weighted by Gasteiger charge is 2.33. The molecule has 2 saturated heterocycles. The molecule has 0 atom stereocenters. The van der Waals surface area contributed by atoms with Crippen LogP contribution in [0.2, 0.25) is 0 Å². The Bertz CT molecular complexity index is 1790. The molecule has 2 fully saturated rings. The van der Waals surface area contributed by atoms with Gasteiger partial charge in [-0.2, -0.15) is 4.31 Å². The molecule has 0 unspecified atom stereocenters. The number of aromatic nitrogens is 3. The number of hydrogen-bond acceptors (Lipinski definition) is 10. The largest absolute Gasteiger partial charge is 0.383 e. The number of sulfone groups is 1. The zero-order chi connectivity index (χ0) is 28.1. The minimum atomic E-state index is -4.04. The van der Waals surface area contributed by atoms with Gasteiger partial charge in [-0.3, -0.25) is 4.57 Å². The Hall–Kier alpha value is -3.72. The van der Waals surface area contributed by atoms with Crippen molar-refractivity contribution in [2.24, 2.45) is 0 Å². The van der Waals surface area contributed by atoms with Crippen molar-refractivity contribution in [2.45, 2.75) is 4.90 Å². The summed E-state index contributed by atoms with van der Waals surface area (Å²) in [5, 5.41) is 0. The second kappa shape index (κ2) is 10.0. The standard InChI is InChI=1S/C26H29N7O5S2/c27-25-24(40(36,37)32-9-13-39(34,35)14-10-32)16-19(17-29-25)18-1-6-22-23(15-18)33(26(28)30-22)21-4-2-20(3-5-21)31-7-11-38-12-8-31/h1-6,15-17H,7-14H2,(H2,27,29)(H2,28,30). The minimum absolute atomic E-state index is 0.122. The molecular weight excluding hydrogens is 554 g/mol. The third-order valence-corrected chi connectivity index (χ3v) is 10.8. The SMILES string of the molecule is Nc1ncc(-c2ccc3nc(N)n(-c4ccc(N5CCOCC5)cc4)c3c2)cc1S(=O)(=O)N1CCS(=O)(=O)CC1. The maximum atomic E-state index is 13.4. The Morgan fingerprint density at radius 3 is 2.23 bits per heavy atom. The van der Waals surface area contributed by atoms with Gasteiger partial charge in [0, 0.05) is 49.3 Å². The monoisotopic (exact) mass is 583 g/mol. The Morgan fingerprint density at radius 1 is 0.850 bits per heavy atom. The van der Waals surface area contributed by atoms with E-state index in [1.54, 1.807) is 0 Å². The van der Waals surface area contributed by atoms with Gasteiger partial charge in [0.25, 0.3) is 0 Å². The van der Waals surface area contributed by atoms with Gasteiger partial charge < -0.3 is 21.1 Å². The van der Waals surface area contributed by atoms with Crippen LogP contribution in [0.4, 0.5) is 17.5 Å². The summed E-state index contributed by atoms with van der Waals surface area (Å²) in [6.07, 6.45) is 1.51. The molecule has 6 rings (SSSR count). The number of pyridine rings is 1. The zero-order valence-electron chi connectivity index (χ0n) is 21.6. The van der Waals surface area contributed by atoms with Crippen molar-refractivity contribution in [2.75, 3.05) is 67.3 Å². The van der Waals surface area contributed by atoms with Crippen LogP contribution in [0.3, 0.4) is 0 Å². The lowest BCUT2D eigenvalue weighted by Crippen LogP contribution is -2.43. The number of nitrogens with two attached hydrogens (primary N) is 2. The van der Waals surface area contributed by atoms with Gasteiger partial charge in [0.15, 0.2) is 9.84 Å².